The van der Waals surface area contributed by atoms with Gasteiger partial charge in [-0.2, -0.15) is 4.31 Å². The van der Waals surface area contributed by atoms with Gasteiger partial charge in [-0.05, 0) is 63.1 Å². The van der Waals surface area contributed by atoms with Crippen LogP contribution in [0.15, 0.2) is 58.3 Å². The summed E-state index contributed by atoms with van der Waals surface area (Å²) in [4.78, 5) is 13.8. The van der Waals surface area contributed by atoms with Crippen molar-refractivity contribution in [1.82, 2.24) is 4.31 Å². The lowest BCUT2D eigenvalue weighted by Crippen LogP contribution is -2.35. The molecule has 1 unspecified atom stereocenters. The summed E-state index contributed by atoms with van der Waals surface area (Å²) in [6, 6.07) is 14.5. The minimum Gasteiger partial charge on any atom is -0.325 e. The number of thioether (sulfide) groups is 1. The van der Waals surface area contributed by atoms with Crippen molar-refractivity contribution in [2.24, 2.45) is 0 Å². The first kappa shape index (κ1) is 20.9. The summed E-state index contributed by atoms with van der Waals surface area (Å²) in [5.41, 5.74) is 1.78. The van der Waals surface area contributed by atoms with E-state index in [9.17, 15) is 13.2 Å². The number of nitrogens with one attached hydrogen (secondary N) is 1. The lowest BCUT2D eigenvalue weighted by molar-refractivity contribution is -0.115. The number of anilines is 1. The molecule has 0 spiro atoms. The van der Waals surface area contributed by atoms with Gasteiger partial charge in [0.15, 0.2) is 0 Å². The summed E-state index contributed by atoms with van der Waals surface area (Å²) in [5, 5.41) is 2.60. The highest BCUT2D eigenvalue weighted by Crippen LogP contribution is 2.25. The molecule has 0 radical (unpaired) electrons. The molecule has 3 rings (SSSR count). The molecule has 5 nitrogen and oxygen atoms in total. The molecule has 2 aromatic carbocycles. The Kier molecular flexibility index (Phi) is 6.80. The smallest absolute Gasteiger partial charge is 0.243 e. The third-order valence-corrected chi connectivity index (χ3v) is 7.80. The van der Waals surface area contributed by atoms with Crippen LogP contribution in [0.25, 0.3) is 0 Å². The lowest BCUT2D eigenvalue weighted by atomic mass is 10.2. The second-order valence-electron chi connectivity index (χ2n) is 7.05. The molecule has 0 aliphatic carbocycles. The zero-order valence-electron chi connectivity index (χ0n) is 16.2. The van der Waals surface area contributed by atoms with Crippen LogP contribution in [0.1, 0.15) is 31.7 Å². The number of carbonyl (C=O) groups is 1. The van der Waals surface area contributed by atoms with E-state index in [1.54, 1.807) is 28.6 Å². The summed E-state index contributed by atoms with van der Waals surface area (Å²) in [5.74, 6) is -0.114. The van der Waals surface area contributed by atoms with Crippen molar-refractivity contribution in [3.63, 3.8) is 0 Å². The first-order valence-corrected chi connectivity index (χ1v) is 11.8. The normalized spacial score (nSPS) is 16.5. The van der Waals surface area contributed by atoms with Gasteiger partial charge in [0.1, 0.15) is 0 Å². The van der Waals surface area contributed by atoms with Gasteiger partial charge in [-0.1, -0.05) is 24.1 Å². The first-order chi connectivity index (χ1) is 13.4. The van der Waals surface area contributed by atoms with E-state index in [4.69, 9.17) is 0 Å². The third kappa shape index (κ3) is 5.16. The van der Waals surface area contributed by atoms with Crippen molar-refractivity contribution in [2.75, 3.05) is 18.4 Å². The molecule has 7 heteroatoms. The van der Waals surface area contributed by atoms with Crippen molar-refractivity contribution in [3.8, 4) is 0 Å². The molecule has 28 heavy (non-hydrogen) atoms. The van der Waals surface area contributed by atoms with Crippen LogP contribution in [0.3, 0.4) is 0 Å². The van der Waals surface area contributed by atoms with Crippen LogP contribution in [-0.2, 0) is 14.8 Å². The highest BCUT2D eigenvalue weighted by molar-refractivity contribution is 8.00. The number of benzene rings is 2. The summed E-state index contributed by atoms with van der Waals surface area (Å²) < 4.78 is 26.9. The predicted octanol–water partition coefficient (Wildman–Crippen LogP) is 4.29. The summed E-state index contributed by atoms with van der Waals surface area (Å²) in [6.45, 7) is 5.04. The molecule has 1 N–H and O–H groups in total. The average Bonchev–Trinajstić information content (AvgIpc) is 2.70. The molecular formula is C21H26N2O3S2. The molecule has 1 saturated heterocycles. The van der Waals surface area contributed by atoms with Gasteiger partial charge in [0, 0.05) is 23.7 Å². The Balaban J connectivity index is 1.61. The molecule has 1 amide bonds. The fraction of sp³-hybridized carbons (Fsp3) is 0.381. The zero-order valence-corrected chi connectivity index (χ0v) is 17.9. The van der Waals surface area contributed by atoms with Gasteiger partial charge in [-0.15, -0.1) is 11.8 Å². The summed E-state index contributed by atoms with van der Waals surface area (Å²) in [7, 11) is -3.45. The SMILES string of the molecule is Cc1ccc(SC(C)C(=O)Nc2ccc(S(=O)(=O)N3CCCCC3)cc2)cc1. The van der Waals surface area contributed by atoms with Gasteiger partial charge in [-0.3, -0.25) is 4.79 Å². The Hall–Kier alpha value is -1.83. The number of rotatable bonds is 6. The van der Waals surface area contributed by atoms with Crippen LogP contribution >= 0.6 is 11.8 Å². The van der Waals surface area contributed by atoms with Crippen molar-refractivity contribution in [1.29, 1.82) is 0 Å². The molecular weight excluding hydrogens is 392 g/mol. The number of piperidine rings is 1. The molecule has 1 atom stereocenters. The van der Waals surface area contributed by atoms with Crippen molar-refractivity contribution in [2.45, 2.75) is 48.2 Å². The second-order valence-corrected chi connectivity index (χ2v) is 10.4. The Morgan fingerprint density at radius 2 is 1.61 bits per heavy atom. The fourth-order valence-corrected chi connectivity index (χ4v) is 5.47. The van der Waals surface area contributed by atoms with Crippen LogP contribution in [0.5, 0.6) is 0 Å². The van der Waals surface area contributed by atoms with E-state index in [0.29, 0.717) is 18.8 Å². The highest BCUT2D eigenvalue weighted by Gasteiger charge is 2.25. The number of nitrogens with zero attached hydrogens (tertiary/aromatic N) is 1. The molecule has 1 aliphatic heterocycles. The number of aryl methyl sites for hydroxylation is 1. The van der Waals surface area contributed by atoms with Gasteiger partial charge >= 0.3 is 0 Å². The minimum atomic E-state index is -3.45. The maximum absolute atomic E-state index is 12.7. The zero-order chi connectivity index (χ0) is 20.1. The standard InChI is InChI=1S/C21H26N2O3S2/c1-16-6-10-19(11-7-16)27-17(2)21(24)22-18-8-12-20(13-9-18)28(25,26)23-14-4-3-5-15-23/h6-13,17H,3-5,14-15H2,1-2H3,(H,22,24). The van der Waals surface area contributed by atoms with Gasteiger partial charge in [0.25, 0.3) is 0 Å². The molecule has 0 bridgehead atoms. The molecule has 1 heterocycles. The Morgan fingerprint density at radius 3 is 2.21 bits per heavy atom. The average molecular weight is 419 g/mol. The first-order valence-electron chi connectivity index (χ1n) is 9.51. The quantitative estimate of drug-likeness (QED) is 0.711. The van der Waals surface area contributed by atoms with Crippen molar-refractivity contribution in [3.05, 3.63) is 54.1 Å². The van der Waals surface area contributed by atoms with Gasteiger partial charge in [-0.25, -0.2) is 8.42 Å². The molecule has 0 saturated carbocycles. The number of hydrogen-bond acceptors (Lipinski definition) is 4. The summed E-state index contributed by atoms with van der Waals surface area (Å²) >= 11 is 1.49. The third-order valence-electron chi connectivity index (χ3n) is 4.78. The lowest BCUT2D eigenvalue weighted by Gasteiger charge is -2.25. The highest BCUT2D eigenvalue weighted by atomic mass is 32.2. The number of sulfonamides is 1. The minimum absolute atomic E-state index is 0.114. The Morgan fingerprint density at radius 1 is 1.00 bits per heavy atom. The maximum Gasteiger partial charge on any atom is 0.243 e. The van der Waals surface area contributed by atoms with E-state index in [1.807, 2.05) is 38.1 Å². The molecule has 0 aromatic heterocycles. The van der Waals surface area contributed by atoms with E-state index < -0.39 is 10.0 Å². The Labute approximate surface area is 171 Å². The van der Waals surface area contributed by atoms with E-state index in [-0.39, 0.29) is 16.1 Å². The molecule has 2 aromatic rings. The topological polar surface area (TPSA) is 66.5 Å². The maximum atomic E-state index is 12.7. The Bertz CT molecular complexity index is 904. The van der Waals surface area contributed by atoms with Crippen molar-refractivity contribution < 1.29 is 13.2 Å². The number of amides is 1. The van der Waals surface area contributed by atoms with Crippen LogP contribution in [0.4, 0.5) is 5.69 Å². The van der Waals surface area contributed by atoms with Crippen LogP contribution < -0.4 is 5.32 Å². The van der Waals surface area contributed by atoms with Crippen LogP contribution in [-0.4, -0.2) is 37.0 Å². The van der Waals surface area contributed by atoms with E-state index in [1.165, 1.54) is 17.3 Å². The van der Waals surface area contributed by atoms with E-state index in [2.05, 4.69) is 5.32 Å². The number of hydrogen-bond donors (Lipinski definition) is 1. The summed E-state index contributed by atoms with van der Waals surface area (Å²) in [6.07, 6.45) is 2.89. The van der Waals surface area contributed by atoms with Crippen molar-refractivity contribution >= 4 is 33.4 Å². The monoisotopic (exact) mass is 418 g/mol. The number of carbonyl (C=O) groups excluding carboxylic acids is 1. The fourth-order valence-electron chi connectivity index (χ4n) is 3.08. The molecule has 150 valence electrons. The van der Waals surface area contributed by atoms with Crippen LogP contribution in [0, 0.1) is 6.92 Å². The van der Waals surface area contributed by atoms with Gasteiger partial charge in [0.2, 0.25) is 15.9 Å². The predicted molar refractivity (Wildman–Crippen MR) is 114 cm³/mol. The second kappa shape index (κ2) is 9.11. The molecule has 1 aliphatic rings. The van der Waals surface area contributed by atoms with Gasteiger partial charge in [0.05, 0.1) is 10.1 Å². The van der Waals surface area contributed by atoms with E-state index in [0.717, 1.165) is 24.2 Å². The largest absolute Gasteiger partial charge is 0.325 e. The van der Waals surface area contributed by atoms with Gasteiger partial charge < -0.3 is 5.32 Å². The molecule has 1 fully saturated rings. The van der Waals surface area contributed by atoms with E-state index >= 15 is 0 Å². The van der Waals surface area contributed by atoms with Crippen LogP contribution in [0.2, 0.25) is 0 Å².